The Balaban J connectivity index is 1.79. The molecule has 12 heteroatoms. The zero-order chi connectivity index (χ0) is 34.1. The highest BCUT2D eigenvalue weighted by molar-refractivity contribution is 6.02. The van der Waals surface area contributed by atoms with Gasteiger partial charge in [-0.2, -0.15) is 0 Å². The van der Waals surface area contributed by atoms with E-state index in [4.69, 9.17) is 23.8 Å². The molecule has 3 aliphatic rings. The van der Waals surface area contributed by atoms with Crippen LogP contribution < -0.4 is 9.47 Å². The first-order valence-corrected chi connectivity index (χ1v) is 16.9. The van der Waals surface area contributed by atoms with Gasteiger partial charge in [-0.3, -0.25) is 0 Å². The molecular formula is C36H48N4O8. The van der Waals surface area contributed by atoms with E-state index in [-0.39, 0.29) is 49.7 Å². The third kappa shape index (κ3) is 6.92. The zero-order valence-electron chi connectivity index (χ0n) is 28.0. The summed E-state index contributed by atoms with van der Waals surface area (Å²) in [6.45, 7) is 10.8. The van der Waals surface area contributed by atoms with Gasteiger partial charge in [-0.25, -0.2) is 9.48 Å². The van der Waals surface area contributed by atoms with Crippen LogP contribution in [0.4, 0.5) is 0 Å². The Labute approximate surface area is 282 Å². The maximum absolute atomic E-state index is 13.0. The number of hydrogen-bond acceptors (Lipinski definition) is 11. The first-order chi connectivity index (χ1) is 23.5. The van der Waals surface area contributed by atoms with Crippen molar-refractivity contribution in [2.75, 3.05) is 40.1 Å². The number of fused-ring (bicyclic) bond motifs is 2. The third-order valence-electron chi connectivity index (χ3n) is 9.58. The average Bonchev–Trinajstić information content (AvgIpc) is 3.59. The number of rotatable bonds is 18. The summed E-state index contributed by atoms with van der Waals surface area (Å²) >= 11 is 0. The molecule has 2 aliphatic carbocycles. The molecule has 1 aromatic heterocycles. The minimum absolute atomic E-state index is 0.107. The van der Waals surface area contributed by atoms with Gasteiger partial charge in [0.2, 0.25) is 5.79 Å². The van der Waals surface area contributed by atoms with Crippen molar-refractivity contribution >= 4 is 11.7 Å². The van der Waals surface area contributed by atoms with Crippen LogP contribution in [0.5, 0.6) is 11.5 Å². The summed E-state index contributed by atoms with van der Waals surface area (Å²) in [7, 11) is 1.32. The van der Waals surface area contributed by atoms with E-state index in [0.717, 1.165) is 36.8 Å². The summed E-state index contributed by atoms with van der Waals surface area (Å²) in [4.78, 5) is 18.7. The average molecular weight is 665 g/mol. The Kier molecular flexibility index (Phi) is 12.1. The molecule has 0 spiro atoms. The summed E-state index contributed by atoms with van der Waals surface area (Å²) in [5.74, 6) is -0.946. The second kappa shape index (κ2) is 16.4. The largest absolute Gasteiger partial charge is 0.490 e. The molecule has 260 valence electrons. The summed E-state index contributed by atoms with van der Waals surface area (Å²) in [6, 6.07) is 5.13. The van der Waals surface area contributed by atoms with Crippen molar-refractivity contribution in [2.45, 2.75) is 69.6 Å². The highest BCUT2D eigenvalue weighted by Crippen LogP contribution is 2.63. The second-order valence-corrected chi connectivity index (χ2v) is 12.3. The molecule has 0 saturated heterocycles. The molecule has 0 bridgehead atoms. The van der Waals surface area contributed by atoms with Crippen LogP contribution in [0.1, 0.15) is 79.9 Å². The number of oxime groups is 1. The number of ether oxygens (including phenoxy) is 4. The van der Waals surface area contributed by atoms with E-state index >= 15 is 0 Å². The van der Waals surface area contributed by atoms with Gasteiger partial charge in [-0.1, -0.05) is 48.0 Å². The molecule has 1 aromatic carbocycles. The molecule has 6 atom stereocenters. The van der Waals surface area contributed by atoms with Gasteiger partial charge in [0.15, 0.2) is 5.69 Å². The van der Waals surface area contributed by atoms with Crippen molar-refractivity contribution in [1.29, 1.82) is 0 Å². The molecule has 48 heavy (non-hydrogen) atoms. The molecular weight excluding hydrogens is 616 g/mol. The first kappa shape index (κ1) is 35.3. The van der Waals surface area contributed by atoms with Gasteiger partial charge in [0.1, 0.15) is 30.8 Å². The number of benzene rings is 1. The van der Waals surface area contributed by atoms with E-state index in [2.05, 4.69) is 34.7 Å². The van der Waals surface area contributed by atoms with E-state index < -0.39 is 23.7 Å². The molecule has 1 saturated carbocycles. The standard InChI is InChI=1S/C36H48N4O8/c1-5-18-45-25-14-15-31-28(21-25)33-26(13-9-11-17-42)24(12-8-10-16-41)20-27-29(38-47-7-3)22-32(36(48-31,34(27)33)46-19-6-2)40-30(23-37-39-40)35(43)44-4/h5-6,14-15,20-21,23-24,26,32-34,41-42H,1-2,7-13,16-19,22H2,3-4H3/t24-,26+,32-,33+,34+,36+/m0/s1. The zero-order valence-corrected chi connectivity index (χ0v) is 28.0. The fourth-order valence-electron chi connectivity index (χ4n) is 7.69. The summed E-state index contributed by atoms with van der Waals surface area (Å²) in [5.41, 5.74) is 2.81. The quantitative estimate of drug-likeness (QED) is 0.0949. The minimum Gasteiger partial charge on any atom is -0.490 e. The Hall–Kier alpha value is -4.00. The number of allylic oxidation sites excluding steroid dienone is 1. The third-order valence-corrected chi connectivity index (χ3v) is 9.58. The maximum Gasteiger partial charge on any atom is 0.358 e. The van der Waals surface area contributed by atoms with Gasteiger partial charge < -0.3 is 34.0 Å². The van der Waals surface area contributed by atoms with E-state index in [1.165, 1.54) is 18.0 Å². The van der Waals surface area contributed by atoms with Gasteiger partial charge >= 0.3 is 5.97 Å². The van der Waals surface area contributed by atoms with Gasteiger partial charge in [0.25, 0.3) is 0 Å². The van der Waals surface area contributed by atoms with Crippen molar-refractivity contribution < 1.29 is 38.8 Å². The number of aliphatic hydroxyl groups excluding tert-OH is 2. The normalized spacial score (nSPS) is 26.5. The molecule has 5 rings (SSSR count). The van der Waals surface area contributed by atoms with Gasteiger partial charge in [-0.05, 0) is 68.2 Å². The number of nitrogens with zero attached hydrogens (tertiary/aromatic N) is 4. The Morgan fingerprint density at radius 1 is 1.15 bits per heavy atom. The van der Waals surface area contributed by atoms with Crippen LogP contribution in [-0.4, -0.2) is 82.8 Å². The van der Waals surface area contributed by atoms with Crippen molar-refractivity contribution in [3.63, 3.8) is 0 Å². The monoisotopic (exact) mass is 664 g/mol. The summed E-state index contributed by atoms with van der Waals surface area (Å²) < 4.78 is 26.6. The van der Waals surface area contributed by atoms with Crippen LogP contribution in [0, 0.1) is 17.8 Å². The molecule has 1 aliphatic heterocycles. The second-order valence-electron chi connectivity index (χ2n) is 12.3. The van der Waals surface area contributed by atoms with E-state index in [1.807, 2.05) is 25.1 Å². The smallest absolute Gasteiger partial charge is 0.358 e. The van der Waals surface area contributed by atoms with Gasteiger partial charge in [0.05, 0.1) is 31.5 Å². The summed E-state index contributed by atoms with van der Waals surface area (Å²) in [6.07, 6.45) is 12.1. The van der Waals surface area contributed by atoms with Gasteiger partial charge in [-0.15, -0.1) is 11.7 Å². The maximum atomic E-state index is 13.0. The molecule has 2 heterocycles. The number of aromatic nitrogens is 3. The number of aliphatic hydroxyl groups is 2. The molecule has 0 radical (unpaired) electrons. The van der Waals surface area contributed by atoms with Crippen LogP contribution >= 0.6 is 0 Å². The lowest BCUT2D eigenvalue weighted by Crippen LogP contribution is -2.63. The molecule has 0 amide bonds. The van der Waals surface area contributed by atoms with Crippen LogP contribution in [0.15, 0.2) is 66.5 Å². The number of carbonyl (C=O) groups excluding carboxylic acids is 1. The molecule has 2 N–H and O–H groups in total. The Bertz CT molecular complexity index is 1490. The lowest BCUT2D eigenvalue weighted by Gasteiger charge is -2.58. The molecule has 2 aromatic rings. The minimum atomic E-state index is -1.37. The Morgan fingerprint density at radius 2 is 1.92 bits per heavy atom. The predicted molar refractivity (Wildman–Crippen MR) is 179 cm³/mol. The lowest BCUT2D eigenvalue weighted by atomic mass is 9.55. The molecule has 0 unspecified atom stereocenters. The van der Waals surface area contributed by atoms with Crippen molar-refractivity contribution in [3.8, 4) is 11.5 Å². The number of esters is 1. The van der Waals surface area contributed by atoms with Gasteiger partial charge in [0, 0.05) is 31.1 Å². The molecule has 12 nitrogen and oxygen atoms in total. The van der Waals surface area contributed by atoms with Crippen molar-refractivity contribution in [2.24, 2.45) is 22.9 Å². The highest BCUT2D eigenvalue weighted by atomic mass is 16.7. The highest BCUT2D eigenvalue weighted by Gasteiger charge is 2.65. The fourth-order valence-corrected chi connectivity index (χ4v) is 7.69. The first-order valence-electron chi connectivity index (χ1n) is 16.9. The molecule has 1 fully saturated rings. The van der Waals surface area contributed by atoms with Crippen molar-refractivity contribution in [1.82, 2.24) is 15.0 Å². The van der Waals surface area contributed by atoms with E-state index in [0.29, 0.717) is 43.3 Å². The lowest BCUT2D eigenvalue weighted by molar-refractivity contribution is -0.252. The van der Waals surface area contributed by atoms with E-state index in [1.54, 1.807) is 12.2 Å². The fraction of sp³-hybridized carbons (Fsp3) is 0.556. The number of methoxy groups -OCH3 is 1. The predicted octanol–water partition coefficient (Wildman–Crippen LogP) is 5.16. The van der Waals surface area contributed by atoms with Crippen LogP contribution in [-0.2, 0) is 14.3 Å². The number of unbranched alkanes of at least 4 members (excludes halogenated alkanes) is 2. The Morgan fingerprint density at radius 3 is 2.62 bits per heavy atom. The van der Waals surface area contributed by atoms with Crippen LogP contribution in [0.3, 0.4) is 0 Å². The number of hydrogen-bond donors (Lipinski definition) is 2. The SMILES string of the molecule is C=CCOc1ccc2c(c1)[C@H]1[C@H](CCCCO)[C@@H](CCCCO)C=C3C(=NOCC)C[C@H](n4nncc4C(=O)OC)[C@@](OCC=C)(O2)[C@H]31. The number of carbonyl (C=O) groups is 1. The van der Waals surface area contributed by atoms with Crippen LogP contribution in [0.2, 0.25) is 0 Å². The van der Waals surface area contributed by atoms with E-state index in [9.17, 15) is 15.0 Å². The van der Waals surface area contributed by atoms with Crippen molar-refractivity contribution in [3.05, 3.63) is 72.6 Å². The van der Waals surface area contributed by atoms with Crippen LogP contribution in [0.25, 0.3) is 0 Å². The summed E-state index contributed by atoms with van der Waals surface area (Å²) in [5, 5.41) is 32.6. The topological polar surface area (TPSA) is 147 Å².